The second kappa shape index (κ2) is 6.56. The van der Waals surface area contributed by atoms with Crippen LogP contribution in [-0.2, 0) is 0 Å². The Morgan fingerprint density at radius 2 is 2.33 bits per heavy atom. The first-order valence-corrected chi connectivity index (χ1v) is 5.56. The van der Waals surface area contributed by atoms with E-state index >= 15 is 0 Å². The van der Waals surface area contributed by atoms with Gasteiger partial charge >= 0.3 is 0 Å². The molecular formula is C12H16ClFN2O2. The molecule has 0 aliphatic carbocycles. The predicted octanol–water partition coefficient (Wildman–Crippen LogP) is 1.35. The summed E-state index contributed by atoms with van der Waals surface area (Å²) in [6.07, 6.45) is 0.878. The summed E-state index contributed by atoms with van der Waals surface area (Å²) < 4.78 is 18.5. The van der Waals surface area contributed by atoms with E-state index in [2.05, 4.69) is 10.6 Å². The number of benzene rings is 1. The van der Waals surface area contributed by atoms with E-state index in [4.69, 9.17) is 4.74 Å². The van der Waals surface area contributed by atoms with E-state index in [0.29, 0.717) is 5.75 Å². The molecule has 6 heteroatoms. The van der Waals surface area contributed by atoms with Crippen molar-refractivity contribution in [3.05, 3.63) is 29.6 Å². The molecule has 2 rings (SSSR count). The molecule has 1 amide bonds. The number of ether oxygens (including phenoxy) is 1. The summed E-state index contributed by atoms with van der Waals surface area (Å²) in [5.41, 5.74) is 0.0534. The fourth-order valence-corrected chi connectivity index (χ4v) is 1.85. The number of halogens is 2. The summed E-state index contributed by atoms with van der Waals surface area (Å²) in [7, 11) is 1.46. The van der Waals surface area contributed by atoms with Gasteiger partial charge in [-0.3, -0.25) is 4.79 Å². The average molecular weight is 275 g/mol. The normalized spacial score (nSPS) is 18.0. The van der Waals surface area contributed by atoms with Gasteiger partial charge < -0.3 is 15.4 Å². The topological polar surface area (TPSA) is 50.4 Å². The summed E-state index contributed by atoms with van der Waals surface area (Å²) in [5, 5.41) is 5.92. The Hall–Kier alpha value is -1.33. The van der Waals surface area contributed by atoms with Crippen LogP contribution in [0.1, 0.15) is 16.8 Å². The fourth-order valence-electron chi connectivity index (χ4n) is 1.85. The van der Waals surface area contributed by atoms with Crippen molar-refractivity contribution in [2.24, 2.45) is 0 Å². The van der Waals surface area contributed by atoms with Gasteiger partial charge in [0.15, 0.2) is 0 Å². The number of rotatable bonds is 3. The van der Waals surface area contributed by atoms with E-state index in [9.17, 15) is 9.18 Å². The van der Waals surface area contributed by atoms with Gasteiger partial charge in [-0.1, -0.05) is 0 Å². The number of nitrogens with one attached hydrogen (secondary N) is 2. The average Bonchev–Trinajstić information content (AvgIpc) is 2.81. The van der Waals surface area contributed by atoms with Crippen LogP contribution < -0.4 is 15.4 Å². The van der Waals surface area contributed by atoms with Gasteiger partial charge in [-0.15, -0.1) is 12.4 Å². The van der Waals surface area contributed by atoms with Crippen molar-refractivity contribution in [2.45, 2.75) is 12.5 Å². The first-order valence-electron chi connectivity index (χ1n) is 5.56. The maximum absolute atomic E-state index is 13.6. The highest BCUT2D eigenvalue weighted by Gasteiger charge is 2.19. The Morgan fingerprint density at radius 1 is 1.56 bits per heavy atom. The predicted molar refractivity (Wildman–Crippen MR) is 68.9 cm³/mol. The summed E-state index contributed by atoms with van der Waals surface area (Å²) in [5.74, 6) is -0.534. The molecule has 2 N–H and O–H groups in total. The Morgan fingerprint density at radius 3 is 2.89 bits per heavy atom. The first-order chi connectivity index (χ1) is 8.20. The van der Waals surface area contributed by atoms with Crippen molar-refractivity contribution < 1.29 is 13.9 Å². The van der Waals surface area contributed by atoms with Crippen LogP contribution in [0.25, 0.3) is 0 Å². The molecule has 0 spiro atoms. The lowest BCUT2D eigenvalue weighted by Crippen LogP contribution is -2.36. The molecular weight excluding hydrogens is 259 g/mol. The summed E-state index contributed by atoms with van der Waals surface area (Å²) in [6.45, 7) is 1.62. The Labute approximate surface area is 111 Å². The fraction of sp³-hybridized carbons (Fsp3) is 0.417. The van der Waals surface area contributed by atoms with Crippen LogP contribution >= 0.6 is 12.4 Å². The molecule has 100 valence electrons. The smallest absolute Gasteiger partial charge is 0.254 e. The van der Waals surface area contributed by atoms with Crippen LogP contribution in [-0.4, -0.2) is 32.1 Å². The molecule has 0 bridgehead atoms. The van der Waals surface area contributed by atoms with Crippen molar-refractivity contribution in [2.75, 3.05) is 20.2 Å². The van der Waals surface area contributed by atoms with E-state index in [0.717, 1.165) is 19.5 Å². The van der Waals surface area contributed by atoms with Crippen molar-refractivity contribution in [1.29, 1.82) is 0 Å². The molecule has 1 aromatic carbocycles. The van der Waals surface area contributed by atoms with Gasteiger partial charge in [0.1, 0.15) is 11.6 Å². The highest BCUT2D eigenvalue weighted by Crippen LogP contribution is 2.16. The molecule has 1 atom stereocenters. The van der Waals surface area contributed by atoms with Gasteiger partial charge in [-0.2, -0.15) is 0 Å². The van der Waals surface area contributed by atoms with E-state index in [1.54, 1.807) is 6.07 Å². The summed E-state index contributed by atoms with van der Waals surface area (Å²) in [4.78, 5) is 11.8. The third-order valence-corrected chi connectivity index (χ3v) is 2.82. The molecule has 0 saturated carbocycles. The summed E-state index contributed by atoms with van der Waals surface area (Å²) >= 11 is 0. The highest BCUT2D eigenvalue weighted by molar-refractivity contribution is 5.94. The molecule has 1 unspecified atom stereocenters. The van der Waals surface area contributed by atoms with Crippen molar-refractivity contribution in [3.63, 3.8) is 0 Å². The molecule has 1 heterocycles. The number of carbonyl (C=O) groups excluding carboxylic acids is 1. The van der Waals surface area contributed by atoms with E-state index in [1.807, 2.05) is 0 Å². The quantitative estimate of drug-likeness (QED) is 0.875. The Bertz CT molecular complexity index is 423. The van der Waals surface area contributed by atoms with Crippen molar-refractivity contribution in [3.8, 4) is 5.75 Å². The number of amides is 1. The second-order valence-corrected chi connectivity index (χ2v) is 4.01. The molecule has 1 fully saturated rings. The molecule has 0 aromatic heterocycles. The first kappa shape index (κ1) is 14.7. The molecule has 4 nitrogen and oxygen atoms in total. The maximum atomic E-state index is 13.6. The van der Waals surface area contributed by atoms with Crippen molar-refractivity contribution in [1.82, 2.24) is 10.6 Å². The van der Waals surface area contributed by atoms with Gasteiger partial charge in [-0.25, -0.2) is 4.39 Å². The van der Waals surface area contributed by atoms with Crippen LogP contribution in [0.2, 0.25) is 0 Å². The molecule has 1 aromatic rings. The minimum atomic E-state index is -0.562. The van der Waals surface area contributed by atoms with Gasteiger partial charge in [-0.05, 0) is 25.1 Å². The lowest BCUT2D eigenvalue weighted by molar-refractivity contribution is 0.0936. The standard InChI is InChI=1S/C12H15FN2O2.ClH/c1-17-9-2-3-10(11(13)6-9)12(16)15-8-4-5-14-7-8;/h2-3,6,8,14H,4-5,7H2,1H3,(H,15,16);1H. The van der Waals surface area contributed by atoms with E-state index < -0.39 is 5.82 Å². The Balaban J connectivity index is 0.00000162. The molecule has 1 saturated heterocycles. The van der Waals surface area contributed by atoms with Gasteiger partial charge in [0.05, 0.1) is 12.7 Å². The summed E-state index contributed by atoms with van der Waals surface area (Å²) in [6, 6.07) is 4.31. The van der Waals surface area contributed by atoms with Crippen LogP contribution in [0.3, 0.4) is 0 Å². The third-order valence-electron chi connectivity index (χ3n) is 2.82. The largest absolute Gasteiger partial charge is 0.497 e. The van der Waals surface area contributed by atoms with Gasteiger partial charge in [0, 0.05) is 18.7 Å². The second-order valence-electron chi connectivity index (χ2n) is 4.01. The monoisotopic (exact) mass is 274 g/mol. The third kappa shape index (κ3) is 3.34. The van der Waals surface area contributed by atoms with Crippen LogP contribution in [0.15, 0.2) is 18.2 Å². The number of methoxy groups -OCH3 is 1. The zero-order valence-electron chi connectivity index (χ0n) is 10.0. The zero-order valence-corrected chi connectivity index (χ0v) is 10.8. The van der Waals surface area contributed by atoms with Gasteiger partial charge in [0.25, 0.3) is 5.91 Å². The molecule has 0 radical (unpaired) electrons. The highest BCUT2D eigenvalue weighted by atomic mass is 35.5. The van der Waals surface area contributed by atoms with Crippen molar-refractivity contribution >= 4 is 18.3 Å². The van der Waals surface area contributed by atoms with Crippen LogP contribution in [0, 0.1) is 5.82 Å². The molecule has 1 aliphatic rings. The number of hydrogen-bond acceptors (Lipinski definition) is 3. The SMILES string of the molecule is COc1ccc(C(=O)NC2CCNC2)c(F)c1.Cl. The minimum Gasteiger partial charge on any atom is -0.497 e. The van der Waals surface area contributed by atoms with Gasteiger partial charge in [0.2, 0.25) is 0 Å². The number of carbonyl (C=O) groups is 1. The van der Waals surface area contributed by atoms with Crippen LogP contribution in [0.4, 0.5) is 4.39 Å². The maximum Gasteiger partial charge on any atom is 0.254 e. The van der Waals surface area contributed by atoms with E-state index in [1.165, 1.54) is 19.2 Å². The lowest BCUT2D eigenvalue weighted by Gasteiger charge is -2.12. The zero-order chi connectivity index (χ0) is 12.3. The lowest BCUT2D eigenvalue weighted by atomic mass is 10.1. The molecule has 1 aliphatic heterocycles. The molecule has 18 heavy (non-hydrogen) atoms. The van der Waals surface area contributed by atoms with E-state index in [-0.39, 0.29) is 29.9 Å². The minimum absolute atomic E-state index is 0. The Kier molecular flexibility index (Phi) is 5.37. The van der Waals surface area contributed by atoms with Crippen LogP contribution in [0.5, 0.6) is 5.75 Å². The number of hydrogen-bond donors (Lipinski definition) is 2.